The Morgan fingerprint density at radius 1 is 0.793 bits per heavy atom. The molecule has 0 bridgehead atoms. The molecule has 0 unspecified atom stereocenters. The van der Waals surface area contributed by atoms with E-state index < -0.39 is 0 Å². The maximum absolute atomic E-state index is 4.71. The number of rotatable bonds is 5. The van der Waals surface area contributed by atoms with Crippen molar-refractivity contribution in [3.8, 4) is 16.8 Å². The Balaban J connectivity index is 1.57. The molecule has 0 N–H and O–H groups in total. The average molecular weight is 379 g/mol. The van der Waals surface area contributed by atoms with E-state index in [1.54, 1.807) is 0 Å². The van der Waals surface area contributed by atoms with E-state index in [9.17, 15) is 0 Å². The summed E-state index contributed by atoms with van der Waals surface area (Å²) in [5.74, 6) is 0. The smallest absolute Gasteiger partial charge is 0.0630 e. The van der Waals surface area contributed by atoms with Crippen molar-refractivity contribution in [3.05, 3.63) is 107 Å². The Kier molecular flexibility index (Phi) is 5.44. The molecule has 0 amide bonds. The molecular weight excluding hydrogens is 352 g/mol. The van der Waals surface area contributed by atoms with E-state index in [4.69, 9.17) is 4.99 Å². The Hall–Kier alpha value is -3.39. The van der Waals surface area contributed by atoms with Crippen molar-refractivity contribution in [3.63, 3.8) is 0 Å². The number of aromatic nitrogens is 1. The van der Waals surface area contributed by atoms with Crippen molar-refractivity contribution in [1.82, 2.24) is 4.57 Å². The molecule has 4 rings (SSSR count). The topological polar surface area (TPSA) is 17.3 Å². The summed E-state index contributed by atoms with van der Waals surface area (Å²) in [6, 6.07) is 29.8. The number of aliphatic imine (C=N–C) groups is 1. The van der Waals surface area contributed by atoms with Crippen molar-refractivity contribution in [1.29, 1.82) is 0 Å². The highest BCUT2D eigenvalue weighted by atomic mass is 15.0. The van der Waals surface area contributed by atoms with Crippen LogP contribution in [0.1, 0.15) is 29.4 Å². The lowest BCUT2D eigenvalue weighted by atomic mass is 10.1. The zero-order valence-electron chi connectivity index (χ0n) is 17.3. The third-order valence-corrected chi connectivity index (χ3v) is 5.40. The average Bonchev–Trinajstić information content (AvgIpc) is 3.06. The van der Waals surface area contributed by atoms with Gasteiger partial charge in [0.2, 0.25) is 0 Å². The van der Waals surface area contributed by atoms with Crippen LogP contribution in [0.15, 0.2) is 89.9 Å². The van der Waals surface area contributed by atoms with Gasteiger partial charge in [-0.1, -0.05) is 61.5 Å². The van der Waals surface area contributed by atoms with E-state index in [0.717, 1.165) is 17.7 Å². The van der Waals surface area contributed by atoms with Crippen LogP contribution in [0.25, 0.3) is 16.8 Å². The van der Waals surface area contributed by atoms with Crippen LogP contribution in [0.3, 0.4) is 0 Å². The monoisotopic (exact) mass is 378 g/mol. The standard InChI is InChI=1S/C27H26N2/c1-4-22-10-16-27(17-11-22)29-20(2)18-25(21(29)3)19-28-26-14-12-24(13-15-26)23-8-6-5-7-9-23/h5-19H,4H2,1-3H3. The van der Waals surface area contributed by atoms with E-state index in [0.29, 0.717) is 0 Å². The molecule has 0 atom stereocenters. The molecule has 1 heterocycles. The fourth-order valence-electron chi connectivity index (χ4n) is 3.71. The molecule has 3 aromatic carbocycles. The highest BCUT2D eigenvalue weighted by Crippen LogP contribution is 2.24. The third-order valence-electron chi connectivity index (χ3n) is 5.40. The van der Waals surface area contributed by atoms with Crippen molar-refractivity contribution in [2.75, 3.05) is 0 Å². The van der Waals surface area contributed by atoms with Gasteiger partial charge in [0.15, 0.2) is 0 Å². The predicted octanol–water partition coefficient (Wildman–Crippen LogP) is 7.07. The number of aryl methyl sites for hydroxylation is 2. The maximum Gasteiger partial charge on any atom is 0.0630 e. The Morgan fingerprint density at radius 3 is 2.10 bits per heavy atom. The minimum Gasteiger partial charge on any atom is -0.318 e. The van der Waals surface area contributed by atoms with Crippen LogP contribution < -0.4 is 0 Å². The molecule has 0 saturated heterocycles. The lowest BCUT2D eigenvalue weighted by Gasteiger charge is -2.10. The second-order valence-corrected chi connectivity index (χ2v) is 7.35. The molecule has 0 fully saturated rings. The van der Waals surface area contributed by atoms with Crippen LogP contribution in [-0.4, -0.2) is 10.8 Å². The van der Waals surface area contributed by atoms with Gasteiger partial charge in [-0.25, -0.2) is 0 Å². The van der Waals surface area contributed by atoms with Gasteiger partial charge in [0, 0.05) is 28.9 Å². The van der Waals surface area contributed by atoms with Gasteiger partial charge in [-0.3, -0.25) is 4.99 Å². The molecule has 2 nitrogen and oxygen atoms in total. The molecular formula is C27H26N2. The summed E-state index contributed by atoms with van der Waals surface area (Å²) in [6.07, 6.45) is 3.03. The molecule has 0 aliphatic carbocycles. The Labute approximate surface area is 173 Å². The van der Waals surface area contributed by atoms with E-state index in [1.807, 2.05) is 12.3 Å². The summed E-state index contributed by atoms with van der Waals surface area (Å²) >= 11 is 0. The maximum atomic E-state index is 4.71. The lowest BCUT2D eigenvalue weighted by Crippen LogP contribution is -1.99. The van der Waals surface area contributed by atoms with Gasteiger partial charge in [0.05, 0.1) is 5.69 Å². The summed E-state index contributed by atoms with van der Waals surface area (Å²) in [5, 5.41) is 0. The van der Waals surface area contributed by atoms with Gasteiger partial charge in [0.1, 0.15) is 0 Å². The molecule has 144 valence electrons. The van der Waals surface area contributed by atoms with Gasteiger partial charge in [0.25, 0.3) is 0 Å². The highest BCUT2D eigenvalue weighted by molar-refractivity contribution is 5.84. The van der Waals surface area contributed by atoms with Crippen LogP contribution in [0.2, 0.25) is 0 Å². The number of hydrogen-bond acceptors (Lipinski definition) is 1. The second kappa shape index (κ2) is 8.32. The summed E-state index contributed by atoms with van der Waals surface area (Å²) < 4.78 is 2.29. The molecule has 29 heavy (non-hydrogen) atoms. The van der Waals surface area contributed by atoms with Gasteiger partial charge < -0.3 is 4.57 Å². The van der Waals surface area contributed by atoms with Crippen LogP contribution in [0.5, 0.6) is 0 Å². The zero-order valence-corrected chi connectivity index (χ0v) is 17.3. The Bertz CT molecular complexity index is 1120. The van der Waals surface area contributed by atoms with Gasteiger partial charge in [-0.15, -0.1) is 0 Å². The second-order valence-electron chi connectivity index (χ2n) is 7.35. The predicted molar refractivity (Wildman–Crippen MR) is 124 cm³/mol. The van der Waals surface area contributed by atoms with Crippen molar-refractivity contribution < 1.29 is 0 Å². The van der Waals surface area contributed by atoms with Crippen LogP contribution >= 0.6 is 0 Å². The summed E-state index contributed by atoms with van der Waals surface area (Å²) in [5.41, 5.74) is 9.51. The van der Waals surface area contributed by atoms with Crippen molar-refractivity contribution >= 4 is 11.9 Å². The summed E-state index contributed by atoms with van der Waals surface area (Å²) in [4.78, 5) is 4.71. The molecule has 2 heteroatoms. The van der Waals surface area contributed by atoms with Crippen LogP contribution in [-0.2, 0) is 6.42 Å². The van der Waals surface area contributed by atoms with E-state index in [1.165, 1.54) is 33.8 Å². The zero-order chi connectivity index (χ0) is 20.2. The molecule has 4 aromatic rings. The fraction of sp³-hybridized carbons (Fsp3) is 0.148. The fourth-order valence-corrected chi connectivity index (χ4v) is 3.71. The van der Waals surface area contributed by atoms with Gasteiger partial charge in [-0.05, 0) is 67.3 Å². The minimum atomic E-state index is 0.960. The number of hydrogen-bond donors (Lipinski definition) is 0. The number of benzene rings is 3. The first-order valence-corrected chi connectivity index (χ1v) is 10.1. The van der Waals surface area contributed by atoms with Crippen molar-refractivity contribution in [2.45, 2.75) is 27.2 Å². The summed E-state index contributed by atoms with van der Waals surface area (Å²) in [7, 11) is 0. The first kappa shape index (κ1) is 18.9. The molecule has 0 aliphatic rings. The molecule has 0 spiro atoms. The van der Waals surface area contributed by atoms with Crippen molar-refractivity contribution in [2.24, 2.45) is 4.99 Å². The normalized spacial score (nSPS) is 11.3. The van der Waals surface area contributed by atoms with Crippen LogP contribution in [0, 0.1) is 13.8 Å². The van der Waals surface area contributed by atoms with Crippen LogP contribution in [0.4, 0.5) is 5.69 Å². The number of nitrogens with zero attached hydrogens (tertiary/aromatic N) is 2. The molecule has 0 saturated carbocycles. The quantitative estimate of drug-likeness (QED) is 0.330. The molecule has 1 aromatic heterocycles. The summed E-state index contributed by atoms with van der Waals surface area (Å²) in [6.45, 7) is 6.48. The molecule has 0 aliphatic heterocycles. The first-order chi connectivity index (χ1) is 14.2. The van der Waals surface area contributed by atoms with Gasteiger partial charge >= 0.3 is 0 Å². The first-order valence-electron chi connectivity index (χ1n) is 10.1. The third kappa shape index (κ3) is 4.07. The largest absolute Gasteiger partial charge is 0.318 e. The van der Waals surface area contributed by atoms with Gasteiger partial charge in [-0.2, -0.15) is 0 Å². The highest BCUT2D eigenvalue weighted by Gasteiger charge is 2.09. The Morgan fingerprint density at radius 2 is 1.45 bits per heavy atom. The minimum absolute atomic E-state index is 0.960. The molecule has 0 radical (unpaired) electrons. The van der Waals surface area contributed by atoms with E-state index in [2.05, 4.69) is 104 Å². The lowest BCUT2D eigenvalue weighted by molar-refractivity contribution is 0.962. The van der Waals surface area contributed by atoms with E-state index in [-0.39, 0.29) is 0 Å². The SMILES string of the molecule is CCc1ccc(-n2c(C)cc(C=Nc3ccc(-c4ccccc4)cc3)c2C)cc1. The van der Waals surface area contributed by atoms with E-state index >= 15 is 0 Å².